The van der Waals surface area contributed by atoms with E-state index in [9.17, 15) is 17.6 Å². The van der Waals surface area contributed by atoms with Crippen LogP contribution in [0.1, 0.15) is 23.3 Å². The number of ether oxygens (including phenoxy) is 1. The molecule has 6 rings (SSSR count). The number of sulfonamides is 1. The maximum Gasteiger partial charge on any atom is 0.244 e. The molecule has 12 heteroatoms. The number of hydrogen-bond acceptors (Lipinski definition) is 9. The molecule has 0 bridgehead atoms. The minimum Gasteiger partial charge on any atom is -0.488 e. The summed E-state index contributed by atoms with van der Waals surface area (Å²) in [6.45, 7) is 1.10. The lowest BCUT2D eigenvalue weighted by Crippen LogP contribution is -2.53. The van der Waals surface area contributed by atoms with E-state index in [0.29, 0.717) is 41.7 Å². The van der Waals surface area contributed by atoms with Crippen LogP contribution in [0.4, 0.5) is 15.9 Å². The number of carbonyl (C=O) groups excluding carboxylic acids is 1. The van der Waals surface area contributed by atoms with Gasteiger partial charge in [0.1, 0.15) is 23.0 Å². The van der Waals surface area contributed by atoms with Crippen molar-refractivity contribution in [2.45, 2.75) is 17.7 Å². The fourth-order valence-electron chi connectivity index (χ4n) is 5.67. The van der Waals surface area contributed by atoms with Crippen LogP contribution in [0.5, 0.6) is 5.75 Å². The van der Waals surface area contributed by atoms with Gasteiger partial charge in [-0.25, -0.2) is 22.8 Å². The number of allylic oxidation sites excluding steroid dienone is 2. The van der Waals surface area contributed by atoms with Crippen LogP contribution in [-0.4, -0.2) is 67.5 Å². The Balaban J connectivity index is 1.42. The first-order valence-corrected chi connectivity index (χ1v) is 14.9. The van der Waals surface area contributed by atoms with E-state index in [4.69, 9.17) is 10.5 Å². The topological polar surface area (TPSA) is 131 Å². The minimum absolute atomic E-state index is 0.00613. The molecule has 3 aliphatic rings. The number of pyridine rings is 2. The van der Waals surface area contributed by atoms with Crippen molar-refractivity contribution in [3.05, 3.63) is 95.9 Å². The van der Waals surface area contributed by atoms with Gasteiger partial charge in [-0.15, -0.1) is 0 Å². The fraction of sp³-hybridized carbons (Fsp3) is 0.267. The molecular weight excluding hydrogens is 559 g/mol. The highest BCUT2D eigenvalue weighted by Crippen LogP contribution is 2.47. The lowest BCUT2D eigenvalue weighted by atomic mass is 9.64. The number of halogens is 1. The average molecular weight is 589 g/mol. The molecule has 1 fully saturated rings. The van der Waals surface area contributed by atoms with Crippen LogP contribution in [0.15, 0.2) is 94.2 Å². The van der Waals surface area contributed by atoms with Crippen LogP contribution >= 0.6 is 0 Å². The summed E-state index contributed by atoms with van der Waals surface area (Å²) < 4.78 is 48.5. The number of hydrogen-bond donors (Lipinski definition) is 1. The summed E-state index contributed by atoms with van der Waals surface area (Å²) >= 11 is 0. The van der Waals surface area contributed by atoms with Gasteiger partial charge in [0.2, 0.25) is 10.0 Å². The van der Waals surface area contributed by atoms with Gasteiger partial charge in [-0.3, -0.25) is 9.78 Å². The monoisotopic (exact) mass is 588 g/mol. The van der Waals surface area contributed by atoms with Gasteiger partial charge < -0.3 is 15.4 Å². The number of nitrogens with zero attached hydrogens (tertiary/aromatic N) is 5. The molecule has 1 aliphatic carbocycles. The number of anilines is 1. The third-order valence-electron chi connectivity index (χ3n) is 7.92. The minimum atomic E-state index is -4.05. The Labute approximate surface area is 243 Å². The lowest BCUT2D eigenvalue weighted by molar-refractivity contribution is 0.0770. The number of likely N-dealkylation sites (N-methyl/N-ethyl adjacent to an activating group) is 1. The second-order valence-corrected chi connectivity index (χ2v) is 12.4. The molecule has 0 radical (unpaired) electrons. The van der Waals surface area contributed by atoms with E-state index in [2.05, 4.69) is 15.0 Å². The highest BCUT2D eigenvalue weighted by Gasteiger charge is 2.51. The Morgan fingerprint density at radius 1 is 1.17 bits per heavy atom. The third kappa shape index (κ3) is 4.86. The van der Waals surface area contributed by atoms with Gasteiger partial charge in [-0.05, 0) is 67.1 Å². The largest absolute Gasteiger partial charge is 0.488 e. The first kappa shape index (κ1) is 27.7. The zero-order chi connectivity index (χ0) is 29.5. The van der Waals surface area contributed by atoms with Crippen molar-refractivity contribution in [3.8, 4) is 5.75 Å². The molecule has 10 nitrogen and oxygen atoms in total. The maximum absolute atomic E-state index is 14.2. The third-order valence-corrected chi connectivity index (χ3v) is 9.74. The van der Waals surface area contributed by atoms with Crippen molar-refractivity contribution in [2.24, 2.45) is 16.1 Å². The molecule has 0 spiro atoms. The number of ketones is 1. The van der Waals surface area contributed by atoms with E-state index < -0.39 is 15.4 Å². The predicted octanol–water partition coefficient (Wildman–Crippen LogP) is 3.65. The summed E-state index contributed by atoms with van der Waals surface area (Å²) in [5.74, 6) is 0.290. The molecule has 2 aromatic heterocycles. The summed E-state index contributed by atoms with van der Waals surface area (Å²) in [4.78, 5) is 29.5. The van der Waals surface area contributed by atoms with Gasteiger partial charge in [-0.2, -0.15) is 4.31 Å². The van der Waals surface area contributed by atoms with Gasteiger partial charge in [0, 0.05) is 38.6 Å². The van der Waals surface area contributed by atoms with Gasteiger partial charge in [0.15, 0.2) is 17.4 Å². The quantitative estimate of drug-likeness (QED) is 0.447. The first-order valence-electron chi connectivity index (χ1n) is 13.5. The number of Topliss-reactive ketones (excluding diaryl/α,β-unsaturated/α-hetero) is 1. The van der Waals surface area contributed by atoms with Crippen molar-refractivity contribution in [1.82, 2.24) is 14.3 Å². The number of rotatable bonds is 5. The number of aliphatic imine (C=N–C) groups is 1. The highest BCUT2D eigenvalue weighted by molar-refractivity contribution is 7.89. The molecular formula is C30H29FN6O4S. The standard InChI is InChI=1S/C30H29FN6O4S/c1-36-12-13-41-27-15-24(18-34-29(27)36)42(39,40)37-11-9-21-14-26(35-23-7-5-22(31)6-8-23)20(17-32)16-30(21,19-37)28(38)25-4-2-3-10-33-25/h2-8,10,14-15,17-18H,9,11-13,16,19,32H2,1H3/b20-17-,35-26?/t30-/m0/s1. The van der Waals surface area contributed by atoms with E-state index in [-0.39, 0.29) is 48.1 Å². The van der Waals surface area contributed by atoms with E-state index in [0.717, 1.165) is 5.57 Å². The summed E-state index contributed by atoms with van der Waals surface area (Å²) in [5, 5.41) is 0. The van der Waals surface area contributed by atoms with Crippen molar-refractivity contribution < 1.29 is 22.3 Å². The number of aromatic nitrogens is 2. The number of piperidine rings is 1. The Morgan fingerprint density at radius 3 is 2.71 bits per heavy atom. The average Bonchev–Trinajstić information content (AvgIpc) is 3.01. The number of carbonyl (C=O) groups is 1. The Bertz CT molecular complexity index is 1740. The van der Waals surface area contributed by atoms with Crippen molar-refractivity contribution >= 4 is 33.0 Å². The molecule has 1 saturated heterocycles. The second-order valence-electron chi connectivity index (χ2n) is 10.5. The Hall–Kier alpha value is -4.42. The molecule has 2 aliphatic heterocycles. The summed E-state index contributed by atoms with van der Waals surface area (Å²) in [7, 11) is -2.18. The first-order chi connectivity index (χ1) is 20.2. The van der Waals surface area contributed by atoms with Crippen LogP contribution in [0.2, 0.25) is 0 Å². The van der Waals surface area contributed by atoms with Gasteiger partial charge in [0.05, 0.1) is 23.4 Å². The molecule has 4 heterocycles. The van der Waals surface area contributed by atoms with Gasteiger partial charge >= 0.3 is 0 Å². The smallest absolute Gasteiger partial charge is 0.244 e. The lowest BCUT2D eigenvalue weighted by Gasteiger charge is -2.45. The predicted molar refractivity (Wildman–Crippen MR) is 156 cm³/mol. The van der Waals surface area contributed by atoms with E-state index >= 15 is 0 Å². The van der Waals surface area contributed by atoms with E-state index in [1.165, 1.54) is 41.1 Å². The van der Waals surface area contributed by atoms with Gasteiger partial charge in [-0.1, -0.05) is 11.6 Å². The molecule has 42 heavy (non-hydrogen) atoms. The Kier molecular flexibility index (Phi) is 7.11. The fourth-order valence-corrected chi connectivity index (χ4v) is 7.13. The zero-order valence-electron chi connectivity index (χ0n) is 22.9. The molecule has 0 unspecified atom stereocenters. The van der Waals surface area contributed by atoms with Crippen LogP contribution in [0, 0.1) is 11.2 Å². The number of fused-ring (bicyclic) bond motifs is 2. The van der Waals surface area contributed by atoms with Crippen molar-refractivity contribution in [2.75, 3.05) is 38.2 Å². The molecule has 2 N–H and O–H groups in total. The molecule has 1 aromatic carbocycles. The summed E-state index contributed by atoms with van der Waals surface area (Å²) in [5.41, 5.74) is 7.41. The maximum atomic E-state index is 14.2. The summed E-state index contributed by atoms with van der Waals surface area (Å²) in [6, 6.07) is 12.3. The van der Waals surface area contributed by atoms with E-state index in [1.54, 1.807) is 36.4 Å². The molecule has 3 aromatic rings. The van der Waals surface area contributed by atoms with Crippen LogP contribution < -0.4 is 15.4 Å². The highest BCUT2D eigenvalue weighted by atomic mass is 32.2. The van der Waals surface area contributed by atoms with E-state index in [1.807, 2.05) is 11.9 Å². The van der Waals surface area contributed by atoms with Gasteiger partial charge in [0.25, 0.3) is 0 Å². The number of benzene rings is 1. The van der Waals surface area contributed by atoms with Crippen LogP contribution in [0.3, 0.4) is 0 Å². The summed E-state index contributed by atoms with van der Waals surface area (Å²) in [6.07, 6.45) is 6.46. The zero-order valence-corrected chi connectivity index (χ0v) is 23.7. The second kappa shape index (κ2) is 10.8. The van der Waals surface area contributed by atoms with Crippen molar-refractivity contribution in [1.29, 1.82) is 0 Å². The molecule has 1 atom stereocenters. The van der Waals surface area contributed by atoms with Crippen LogP contribution in [0.25, 0.3) is 0 Å². The molecule has 0 saturated carbocycles. The number of nitrogens with two attached hydrogens (primary N) is 1. The SMILES string of the molecule is CN1CCOc2cc(S(=O)(=O)N3CCC4=CC(=Nc5ccc(F)cc5)/C(=C\N)C[C@]4(C(=O)c4ccccn4)C3)cnc21. The molecule has 216 valence electrons. The normalized spacial score (nSPS) is 22.7. The Morgan fingerprint density at radius 2 is 1.98 bits per heavy atom. The van der Waals surface area contributed by atoms with Crippen molar-refractivity contribution in [3.63, 3.8) is 0 Å². The van der Waals surface area contributed by atoms with Crippen LogP contribution in [-0.2, 0) is 10.0 Å². The molecule has 0 amide bonds.